The Hall–Kier alpha value is 0.270. The summed E-state index contributed by atoms with van der Waals surface area (Å²) in [6, 6.07) is 0.747. The van der Waals surface area contributed by atoms with Gasteiger partial charge >= 0.3 is 0 Å². The normalized spacial score (nSPS) is 13.9. The molecular formula is C8H19NOS. The molecule has 0 aliphatic carbocycles. The van der Waals surface area contributed by atoms with E-state index < -0.39 is 0 Å². The van der Waals surface area contributed by atoms with Crippen molar-refractivity contribution in [2.45, 2.75) is 32.4 Å². The molecule has 0 saturated carbocycles. The number of nitrogens with one attached hydrogen (secondary N) is 1. The van der Waals surface area contributed by atoms with Crippen molar-refractivity contribution in [2.24, 2.45) is 0 Å². The Morgan fingerprint density at radius 3 is 2.45 bits per heavy atom. The summed E-state index contributed by atoms with van der Waals surface area (Å²) in [6.07, 6.45) is 3.14. The maximum Gasteiger partial charge on any atom is 0.0585 e. The molecule has 0 bridgehead atoms. The van der Waals surface area contributed by atoms with Gasteiger partial charge in [-0.25, -0.2) is 0 Å². The van der Waals surface area contributed by atoms with Crippen LogP contribution >= 0.6 is 11.8 Å². The Balaban J connectivity index is 3.41. The predicted octanol–water partition coefficient (Wildman–Crippen LogP) is 1.10. The molecule has 3 heteroatoms. The summed E-state index contributed by atoms with van der Waals surface area (Å²) < 4.78 is 0. The first-order valence-corrected chi connectivity index (χ1v) is 5.46. The third-order valence-corrected chi connectivity index (χ3v) is 2.10. The second-order valence-corrected chi connectivity index (χ2v) is 3.97. The molecule has 0 aromatic carbocycles. The largest absolute Gasteiger partial charge is 0.395 e. The molecule has 0 heterocycles. The van der Waals surface area contributed by atoms with Crippen LogP contribution in [0.2, 0.25) is 0 Å². The van der Waals surface area contributed by atoms with E-state index in [1.807, 2.05) is 11.8 Å². The van der Waals surface area contributed by atoms with Crippen LogP contribution in [0.25, 0.3) is 0 Å². The van der Waals surface area contributed by atoms with Crippen LogP contribution in [0, 0.1) is 0 Å². The van der Waals surface area contributed by atoms with Gasteiger partial charge in [-0.1, -0.05) is 13.8 Å². The van der Waals surface area contributed by atoms with Gasteiger partial charge in [0, 0.05) is 12.1 Å². The molecule has 11 heavy (non-hydrogen) atoms. The lowest BCUT2D eigenvalue weighted by Gasteiger charge is -2.18. The highest BCUT2D eigenvalue weighted by Crippen LogP contribution is 2.00. The van der Waals surface area contributed by atoms with Gasteiger partial charge in [0.05, 0.1) is 6.61 Å². The molecule has 0 radical (unpaired) electrons. The summed E-state index contributed by atoms with van der Waals surface area (Å²) in [6.45, 7) is 4.45. The summed E-state index contributed by atoms with van der Waals surface area (Å²) >= 11 is 1.82. The Kier molecular flexibility index (Phi) is 7.12. The van der Waals surface area contributed by atoms with Crippen LogP contribution in [0.4, 0.5) is 0 Å². The van der Waals surface area contributed by atoms with Crippen molar-refractivity contribution in [3.05, 3.63) is 0 Å². The van der Waals surface area contributed by atoms with Crippen molar-refractivity contribution in [1.29, 1.82) is 0 Å². The molecule has 0 saturated heterocycles. The van der Waals surface area contributed by atoms with Gasteiger partial charge < -0.3 is 10.4 Å². The number of hydrogen-bond donors (Lipinski definition) is 2. The number of thioether (sulfide) groups is 1. The van der Waals surface area contributed by atoms with Crippen molar-refractivity contribution < 1.29 is 5.11 Å². The van der Waals surface area contributed by atoms with E-state index in [2.05, 4.69) is 25.4 Å². The smallest absolute Gasteiger partial charge is 0.0585 e. The standard InChI is InChI=1S/C8H19NOS/c1-7(2)9-8(6-10)4-5-11-3/h7-10H,4-6H2,1-3H3. The van der Waals surface area contributed by atoms with Gasteiger partial charge in [0.2, 0.25) is 0 Å². The minimum Gasteiger partial charge on any atom is -0.395 e. The molecule has 0 aliphatic heterocycles. The Morgan fingerprint density at radius 1 is 1.45 bits per heavy atom. The average molecular weight is 177 g/mol. The molecular weight excluding hydrogens is 158 g/mol. The lowest BCUT2D eigenvalue weighted by molar-refractivity contribution is 0.232. The van der Waals surface area contributed by atoms with E-state index in [0.717, 1.165) is 12.2 Å². The topological polar surface area (TPSA) is 32.3 Å². The molecule has 2 nitrogen and oxygen atoms in total. The SMILES string of the molecule is CSCCC(CO)NC(C)C. The highest BCUT2D eigenvalue weighted by molar-refractivity contribution is 7.98. The van der Waals surface area contributed by atoms with Gasteiger partial charge in [-0.3, -0.25) is 0 Å². The van der Waals surface area contributed by atoms with E-state index in [1.165, 1.54) is 0 Å². The molecule has 68 valence electrons. The molecule has 0 aromatic rings. The summed E-state index contributed by atoms with van der Waals surface area (Å²) in [5.74, 6) is 1.12. The minimum absolute atomic E-state index is 0.249. The summed E-state index contributed by atoms with van der Waals surface area (Å²) in [5.41, 5.74) is 0. The summed E-state index contributed by atoms with van der Waals surface area (Å²) in [5, 5.41) is 12.2. The van der Waals surface area contributed by atoms with Crippen molar-refractivity contribution in [2.75, 3.05) is 18.6 Å². The van der Waals surface area contributed by atoms with Gasteiger partial charge in [-0.2, -0.15) is 11.8 Å². The molecule has 0 spiro atoms. The van der Waals surface area contributed by atoms with Crippen molar-refractivity contribution in [3.8, 4) is 0 Å². The quantitative estimate of drug-likeness (QED) is 0.637. The first kappa shape index (κ1) is 11.3. The number of rotatable bonds is 6. The third-order valence-electron chi connectivity index (χ3n) is 1.46. The van der Waals surface area contributed by atoms with Crippen LogP contribution < -0.4 is 5.32 Å². The Morgan fingerprint density at radius 2 is 2.09 bits per heavy atom. The number of aliphatic hydroxyl groups is 1. The van der Waals surface area contributed by atoms with Crippen LogP contribution in [0.1, 0.15) is 20.3 Å². The maximum absolute atomic E-state index is 8.93. The van der Waals surface area contributed by atoms with Gasteiger partial charge in [-0.15, -0.1) is 0 Å². The zero-order valence-corrected chi connectivity index (χ0v) is 8.45. The van der Waals surface area contributed by atoms with Gasteiger partial charge in [0.1, 0.15) is 0 Å². The van der Waals surface area contributed by atoms with Crippen LogP contribution in [0.3, 0.4) is 0 Å². The molecule has 0 aliphatic rings. The molecule has 0 fully saturated rings. The second-order valence-electron chi connectivity index (χ2n) is 2.98. The van der Waals surface area contributed by atoms with Crippen molar-refractivity contribution >= 4 is 11.8 Å². The lowest BCUT2D eigenvalue weighted by Crippen LogP contribution is -2.37. The molecule has 1 atom stereocenters. The third kappa shape index (κ3) is 6.66. The highest BCUT2D eigenvalue weighted by atomic mass is 32.2. The number of hydrogen-bond acceptors (Lipinski definition) is 3. The fourth-order valence-corrected chi connectivity index (χ4v) is 1.48. The fourth-order valence-electron chi connectivity index (χ4n) is 0.959. The molecule has 0 amide bonds. The first-order chi connectivity index (χ1) is 5.20. The van der Waals surface area contributed by atoms with Crippen LogP contribution in [0.15, 0.2) is 0 Å². The Labute approximate surface area is 73.8 Å². The van der Waals surface area contributed by atoms with E-state index in [9.17, 15) is 0 Å². The Bertz CT molecular complexity index is 88.2. The van der Waals surface area contributed by atoms with E-state index in [1.54, 1.807) is 0 Å². The molecule has 1 unspecified atom stereocenters. The number of aliphatic hydroxyl groups excluding tert-OH is 1. The molecule has 0 aromatic heterocycles. The van der Waals surface area contributed by atoms with Crippen molar-refractivity contribution in [3.63, 3.8) is 0 Å². The fraction of sp³-hybridized carbons (Fsp3) is 1.00. The zero-order valence-electron chi connectivity index (χ0n) is 7.63. The highest BCUT2D eigenvalue weighted by Gasteiger charge is 2.06. The van der Waals surface area contributed by atoms with Crippen LogP contribution in [0.5, 0.6) is 0 Å². The zero-order chi connectivity index (χ0) is 8.69. The minimum atomic E-state index is 0.249. The predicted molar refractivity (Wildman–Crippen MR) is 52.1 cm³/mol. The van der Waals surface area contributed by atoms with Gasteiger partial charge in [0.15, 0.2) is 0 Å². The van der Waals surface area contributed by atoms with Crippen LogP contribution in [-0.4, -0.2) is 35.8 Å². The monoisotopic (exact) mass is 177 g/mol. The van der Waals surface area contributed by atoms with E-state index >= 15 is 0 Å². The average Bonchev–Trinajstić information content (AvgIpc) is 1.97. The van der Waals surface area contributed by atoms with Gasteiger partial charge in [-0.05, 0) is 18.4 Å². The molecule has 0 rings (SSSR count). The van der Waals surface area contributed by atoms with Crippen LogP contribution in [-0.2, 0) is 0 Å². The van der Waals surface area contributed by atoms with E-state index in [0.29, 0.717) is 6.04 Å². The molecule has 2 N–H and O–H groups in total. The summed E-state index contributed by atoms with van der Waals surface area (Å²) in [4.78, 5) is 0. The van der Waals surface area contributed by atoms with E-state index in [4.69, 9.17) is 5.11 Å². The second kappa shape index (κ2) is 6.95. The summed E-state index contributed by atoms with van der Waals surface area (Å²) in [7, 11) is 0. The maximum atomic E-state index is 8.93. The van der Waals surface area contributed by atoms with E-state index in [-0.39, 0.29) is 12.6 Å². The lowest BCUT2D eigenvalue weighted by atomic mass is 10.2. The first-order valence-electron chi connectivity index (χ1n) is 4.06. The van der Waals surface area contributed by atoms with Gasteiger partial charge in [0.25, 0.3) is 0 Å². The van der Waals surface area contributed by atoms with Crippen molar-refractivity contribution in [1.82, 2.24) is 5.32 Å².